The lowest BCUT2D eigenvalue weighted by molar-refractivity contribution is 0.810. The van der Waals surface area contributed by atoms with Crippen LogP contribution in [-0.4, -0.2) is 9.38 Å². The van der Waals surface area contributed by atoms with Crippen molar-refractivity contribution in [3.05, 3.63) is 166 Å². The van der Waals surface area contributed by atoms with E-state index in [9.17, 15) is 15.3 Å². The van der Waals surface area contributed by atoms with Gasteiger partial charge in [0.25, 0.3) is 5.56 Å². The fourth-order valence-corrected chi connectivity index (χ4v) is 6.79. The molecule has 0 amide bonds. The highest BCUT2D eigenvalue weighted by Gasteiger charge is 2.25. The molecule has 1 atom stereocenters. The molecule has 0 bridgehead atoms. The van der Waals surface area contributed by atoms with E-state index in [4.69, 9.17) is 4.98 Å². The molecule has 5 heteroatoms. The second-order valence-electron chi connectivity index (χ2n) is 11.3. The second-order valence-corrected chi connectivity index (χ2v) is 11.3. The van der Waals surface area contributed by atoms with Gasteiger partial charge in [-0.3, -0.25) is 9.20 Å². The van der Waals surface area contributed by atoms with Crippen LogP contribution in [0.3, 0.4) is 0 Å². The van der Waals surface area contributed by atoms with Gasteiger partial charge in [0.05, 0.1) is 34.3 Å². The van der Waals surface area contributed by atoms with Crippen LogP contribution in [-0.2, 0) is 6.42 Å². The highest BCUT2D eigenvalue weighted by Crippen LogP contribution is 2.40. The Hall–Kier alpha value is -6.30. The standard InChI is InChI=1S/C40H24N4O/c41-23-26-21-34(33(28-14-8-3-9-15-28)20-25-10-4-1-5-11-25)38-35(22-26)44-39(43-38)31-19-18-30(27-12-6-2-7-13-27)36-29(24-42)16-17-32(37(31)36)40(44)45/h1-19,21-22,33H,20H2. The lowest BCUT2D eigenvalue weighted by Crippen LogP contribution is -2.14. The largest absolute Gasteiger partial charge is 0.268 e. The van der Waals surface area contributed by atoms with Crippen molar-refractivity contribution in [2.75, 3.05) is 0 Å². The minimum atomic E-state index is -0.222. The van der Waals surface area contributed by atoms with Crippen molar-refractivity contribution in [3.8, 4) is 23.3 Å². The van der Waals surface area contributed by atoms with Crippen molar-refractivity contribution in [2.45, 2.75) is 12.3 Å². The van der Waals surface area contributed by atoms with Crippen LogP contribution in [0, 0.1) is 22.7 Å². The molecule has 0 radical (unpaired) electrons. The van der Waals surface area contributed by atoms with Crippen molar-refractivity contribution < 1.29 is 0 Å². The summed E-state index contributed by atoms with van der Waals surface area (Å²) in [5.74, 6) is -0.107. The van der Waals surface area contributed by atoms with Crippen molar-refractivity contribution in [1.82, 2.24) is 9.38 Å². The summed E-state index contributed by atoms with van der Waals surface area (Å²) in [5.41, 5.74) is 7.59. The van der Waals surface area contributed by atoms with Crippen molar-refractivity contribution >= 4 is 38.2 Å². The van der Waals surface area contributed by atoms with Gasteiger partial charge in [0.2, 0.25) is 0 Å². The first-order chi connectivity index (χ1) is 22.2. The highest BCUT2D eigenvalue weighted by atomic mass is 16.1. The van der Waals surface area contributed by atoms with Crippen molar-refractivity contribution in [2.24, 2.45) is 0 Å². The Labute approximate surface area is 258 Å². The summed E-state index contributed by atoms with van der Waals surface area (Å²) in [6, 6.07) is 46.3. The zero-order valence-corrected chi connectivity index (χ0v) is 24.1. The number of benzene rings is 6. The van der Waals surface area contributed by atoms with E-state index < -0.39 is 0 Å². The van der Waals surface area contributed by atoms with Gasteiger partial charge in [-0.25, -0.2) is 4.98 Å². The first kappa shape index (κ1) is 26.3. The number of pyridine rings is 1. The number of hydrogen-bond acceptors (Lipinski definition) is 4. The summed E-state index contributed by atoms with van der Waals surface area (Å²) >= 11 is 0. The molecule has 0 aliphatic rings. The Kier molecular flexibility index (Phi) is 6.12. The molecular weight excluding hydrogens is 552 g/mol. The maximum absolute atomic E-state index is 14.4. The SMILES string of the molecule is N#Cc1cc(C(Cc2ccccc2)c2ccccc2)c2nc3c4ccc(-c5ccccc5)c5c(C#N)ccc(c(=O)n3c2c1)c54. The average Bonchev–Trinajstić information content (AvgIpc) is 3.50. The van der Waals surface area contributed by atoms with E-state index in [0.29, 0.717) is 39.6 Å². The number of nitrogens with zero attached hydrogens (tertiary/aromatic N) is 4. The molecule has 210 valence electrons. The minimum absolute atomic E-state index is 0.107. The van der Waals surface area contributed by atoms with E-state index in [1.165, 1.54) is 0 Å². The monoisotopic (exact) mass is 576 g/mol. The molecule has 2 heterocycles. The van der Waals surface area contributed by atoms with Gasteiger partial charge < -0.3 is 0 Å². The molecule has 0 spiro atoms. The van der Waals surface area contributed by atoms with Gasteiger partial charge in [-0.1, -0.05) is 97.1 Å². The number of rotatable bonds is 5. The first-order valence-corrected chi connectivity index (χ1v) is 14.8. The summed E-state index contributed by atoms with van der Waals surface area (Å²) in [7, 11) is 0. The van der Waals surface area contributed by atoms with Gasteiger partial charge in [0, 0.05) is 27.5 Å². The third-order valence-corrected chi connectivity index (χ3v) is 8.82. The lowest BCUT2D eigenvalue weighted by Gasteiger charge is -2.19. The van der Waals surface area contributed by atoms with Gasteiger partial charge in [-0.2, -0.15) is 10.5 Å². The molecule has 0 fully saturated rings. The van der Waals surface area contributed by atoms with Crippen LogP contribution in [0.4, 0.5) is 0 Å². The van der Waals surface area contributed by atoms with Crippen molar-refractivity contribution in [1.29, 1.82) is 10.5 Å². The number of aromatic nitrogens is 2. The van der Waals surface area contributed by atoms with Crippen LogP contribution >= 0.6 is 0 Å². The van der Waals surface area contributed by atoms with E-state index >= 15 is 0 Å². The number of hydrogen-bond donors (Lipinski definition) is 0. The predicted molar refractivity (Wildman–Crippen MR) is 178 cm³/mol. The Morgan fingerprint density at radius 2 is 1.40 bits per heavy atom. The van der Waals surface area contributed by atoms with Crippen LogP contribution in [0.15, 0.2) is 132 Å². The van der Waals surface area contributed by atoms with Crippen LogP contribution in [0.25, 0.3) is 49.4 Å². The van der Waals surface area contributed by atoms with Crippen molar-refractivity contribution in [3.63, 3.8) is 0 Å². The van der Waals surface area contributed by atoms with Gasteiger partial charge >= 0.3 is 0 Å². The Morgan fingerprint density at radius 1 is 0.711 bits per heavy atom. The zero-order valence-electron chi connectivity index (χ0n) is 24.1. The number of nitriles is 2. The summed E-state index contributed by atoms with van der Waals surface area (Å²) < 4.78 is 1.65. The molecule has 2 aromatic heterocycles. The Balaban J connectivity index is 1.49. The molecule has 6 aromatic carbocycles. The van der Waals surface area contributed by atoms with Crippen LogP contribution in [0.2, 0.25) is 0 Å². The zero-order chi connectivity index (χ0) is 30.5. The van der Waals surface area contributed by atoms with E-state index in [1.807, 2.05) is 84.9 Å². The molecule has 5 nitrogen and oxygen atoms in total. The summed E-state index contributed by atoms with van der Waals surface area (Å²) in [6.07, 6.45) is 0.701. The fraction of sp³-hybridized carbons (Fsp3) is 0.0500. The van der Waals surface area contributed by atoms with E-state index in [-0.39, 0.29) is 11.5 Å². The first-order valence-electron chi connectivity index (χ1n) is 14.8. The van der Waals surface area contributed by atoms with E-state index in [2.05, 4.69) is 36.4 Å². The third kappa shape index (κ3) is 4.14. The fourth-order valence-electron chi connectivity index (χ4n) is 6.79. The molecule has 8 aromatic rings. The third-order valence-electron chi connectivity index (χ3n) is 8.82. The normalized spacial score (nSPS) is 12.0. The van der Waals surface area contributed by atoms with Gasteiger partial charge in [0.1, 0.15) is 5.65 Å². The molecule has 0 N–H and O–H groups in total. The van der Waals surface area contributed by atoms with Gasteiger partial charge in [0.15, 0.2) is 0 Å². The molecule has 0 saturated carbocycles. The van der Waals surface area contributed by atoms with Crippen LogP contribution in [0.1, 0.15) is 33.7 Å². The predicted octanol–water partition coefficient (Wildman–Crippen LogP) is 8.38. The van der Waals surface area contributed by atoms with Gasteiger partial charge in [-0.05, 0) is 64.6 Å². The second kappa shape index (κ2) is 10.5. The summed E-state index contributed by atoms with van der Waals surface area (Å²) in [5, 5.41) is 23.1. The quantitative estimate of drug-likeness (QED) is 0.206. The summed E-state index contributed by atoms with van der Waals surface area (Å²) in [4.78, 5) is 19.6. The molecule has 0 aliphatic carbocycles. The van der Waals surface area contributed by atoms with E-state index in [1.54, 1.807) is 22.6 Å². The number of imidazole rings is 1. The molecule has 0 saturated heterocycles. The summed E-state index contributed by atoms with van der Waals surface area (Å²) in [6.45, 7) is 0. The molecule has 45 heavy (non-hydrogen) atoms. The minimum Gasteiger partial charge on any atom is -0.268 e. The molecular formula is C40H24N4O. The molecule has 1 unspecified atom stereocenters. The topological polar surface area (TPSA) is 81.9 Å². The van der Waals surface area contributed by atoms with E-state index in [0.717, 1.165) is 44.0 Å². The average molecular weight is 577 g/mol. The Bertz CT molecular complexity index is 2540. The van der Waals surface area contributed by atoms with Gasteiger partial charge in [-0.15, -0.1) is 0 Å². The van der Waals surface area contributed by atoms with Crippen LogP contribution < -0.4 is 5.56 Å². The molecule has 8 rings (SSSR count). The Morgan fingerprint density at radius 3 is 2.11 bits per heavy atom. The highest BCUT2D eigenvalue weighted by molar-refractivity contribution is 6.20. The van der Waals surface area contributed by atoms with Crippen LogP contribution in [0.5, 0.6) is 0 Å². The number of fused-ring (bicyclic) bond motifs is 4. The maximum Gasteiger partial charge on any atom is 0.264 e. The smallest absolute Gasteiger partial charge is 0.264 e. The maximum atomic E-state index is 14.4. The molecule has 0 aliphatic heterocycles. The lowest BCUT2D eigenvalue weighted by atomic mass is 9.84.